The minimum Gasteiger partial charge on any atom is -0.324 e. The Morgan fingerprint density at radius 2 is 2.06 bits per heavy atom. The van der Waals surface area contributed by atoms with Gasteiger partial charge in [0, 0.05) is 15.5 Å². The molecule has 0 saturated carbocycles. The van der Waals surface area contributed by atoms with E-state index in [0.717, 1.165) is 40.6 Å². The fourth-order valence-electron chi connectivity index (χ4n) is 1.92. The van der Waals surface area contributed by atoms with Gasteiger partial charge in [0.05, 0.1) is 11.6 Å². The van der Waals surface area contributed by atoms with E-state index in [4.69, 9.17) is 0 Å². The average molecular weight is 362 g/mol. The highest BCUT2D eigenvalue weighted by molar-refractivity contribution is 9.11. The summed E-state index contributed by atoms with van der Waals surface area (Å²) in [6, 6.07) is 5.75. The fraction of sp³-hybridized carbons (Fsp3) is 0.417. The average Bonchev–Trinajstić information content (AvgIpc) is 2.35. The lowest BCUT2D eigenvalue weighted by Crippen LogP contribution is -2.37. The summed E-state index contributed by atoms with van der Waals surface area (Å²) in [5.41, 5.74) is 0.808. The molecule has 1 unspecified atom stereocenters. The number of piperidine rings is 1. The number of rotatable bonds is 2. The van der Waals surface area contributed by atoms with Crippen LogP contribution in [0.4, 0.5) is 5.69 Å². The first-order chi connectivity index (χ1) is 8.18. The lowest BCUT2D eigenvalue weighted by atomic mass is 9.99. The van der Waals surface area contributed by atoms with Gasteiger partial charge < -0.3 is 10.6 Å². The Hall–Kier alpha value is -0.390. The van der Waals surface area contributed by atoms with Crippen LogP contribution in [0.3, 0.4) is 0 Å². The number of nitrogens with one attached hydrogen (secondary N) is 2. The topological polar surface area (TPSA) is 41.1 Å². The predicted octanol–water partition coefficient (Wildman–Crippen LogP) is 3.15. The molecule has 2 N–H and O–H groups in total. The van der Waals surface area contributed by atoms with Crippen molar-refractivity contribution in [3.63, 3.8) is 0 Å². The van der Waals surface area contributed by atoms with Crippen molar-refractivity contribution in [2.75, 3.05) is 18.4 Å². The van der Waals surface area contributed by atoms with Gasteiger partial charge in [0.15, 0.2) is 0 Å². The van der Waals surface area contributed by atoms with Gasteiger partial charge in [-0.15, -0.1) is 0 Å². The molecule has 1 saturated heterocycles. The van der Waals surface area contributed by atoms with E-state index in [1.54, 1.807) is 0 Å². The summed E-state index contributed by atoms with van der Waals surface area (Å²) < 4.78 is 1.79. The Kier molecular flexibility index (Phi) is 4.59. The highest BCUT2D eigenvalue weighted by Crippen LogP contribution is 2.31. The Bertz CT molecular complexity index is 397. The van der Waals surface area contributed by atoms with Crippen LogP contribution in [0.2, 0.25) is 0 Å². The standard InChI is InChI=1S/C12H14Br2N2O/c13-9-4-1-5-10(14)11(9)16-12(17)8-3-2-6-15-7-8/h1,4-5,8,15H,2-3,6-7H2,(H,16,17). The highest BCUT2D eigenvalue weighted by Gasteiger charge is 2.21. The van der Waals surface area contributed by atoms with Crippen molar-refractivity contribution in [2.24, 2.45) is 5.92 Å². The third kappa shape index (κ3) is 3.30. The summed E-state index contributed by atoms with van der Waals surface area (Å²) in [6.45, 7) is 1.79. The van der Waals surface area contributed by atoms with E-state index in [1.807, 2.05) is 18.2 Å². The number of para-hydroxylation sites is 1. The van der Waals surface area contributed by atoms with Crippen LogP contribution in [0.1, 0.15) is 12.8 Å². The molecular formula is C12H14Br2N2O. The summed E-state index contributed by atoms with van der Waals surface area (Å²) in [7, 11) is 0. The number of halogens is 2. The first-order valence-corrected chi connectivity index (χ1v) is 7.22. The Labute approximate surface area is 118 Å². The predicted molar refractivity (Wildman–Crippen MR) is 76.1 cm³/mol. The van der Waals surface area contributed by atoms with E-state index in [2.05, 4.69) is 42.5 Å². The molecule has 2 rings (SSSR count). The van der Waals surface area contributed by atoms with Crippen LogP contribution in [0.15, 0.2) is 27.1 Å². The van der Waals surface area contributed by atoms with Crippen molar-refractivity contribution in [2.45, 2.75) is 12.8 Å². The molecular weight excluding hydrogens is 348 g/mol. The first-order valence-electron chi connectivity index (χ1n) is 5.64. The van der Waals surface area contributed by atoms with Gasteiger partial charge in [-0.2, -0.15) is 0 Å². The van der Waals surface area contributed by atoms with Crippen molar-refractivity contribution in [3.05, 3.63) is 27.1 Å². The lowest BCUT2D eigenvalue weighted by molar-refractivity contribution is -0.120. The molecule has 1 atom stereocenters. The van der Waals surface area contributed by atoms with Crippen molar-refractivity contribution in [1.29, 1.82) is 0 Å². The zero-order chi connectivity index (χ0) is 12.3. The number of carbonyl (C=O) groups excluding carboxylic acids is 1. The van der Waals surface area contributed by atoms with Gasteiger partial charge in [-0.05, 0) is 63.4 Å². The molecule has 1 aromatic carbocycles. The Morgan fingerprint density at radius 3 is 2.65 bits per heavy atom. The Balaban J connectivity index is 2.07. The number of hydrogen-bond donors (Lipinski definition) is 2. The van der Waals surface area contributed by atoms with Gasteiger partial charge in [0.25, 0.3) is 0 Å². The van der Waals surface area contributed by atoms with Gasteiger partial charge in [-0.3, -0.25) is 4.79 Å². The molecule has 3 nitrogen and oxygen atoms in total. The molecule has 0 aromatic heterocycles. The van der Waals surface area contributed by atoms with E-state index >= 15 is 0 Å². The third-order valence-electron chi connectivity index (χ3n) is 2.88. The van der Waals surface area contributed by atoms with E-state index in [0.29, 0.717) is 0 Å². The molecule has 17 heavy (non-hydrogen) atoms. The van der Waals surface area contributed by atoms with E-state index in [1.165, 1.54) is 0 Å². The normalized spacial score (nSPS) is 20.0. The largest absolute Gasteiger partial charge is 0.324 e. The number of hydrogen-bond acceptors (Lipinski definition) is 2. The maximum Gasteiger partial charge on any atom is 0.228 e. The monoisotopic (exact) mass is 360 g/mol. The maximum absolute atomic E-state index is 12.1. The van der Waals surface area contributed by atoms with E-state index in [9.17, 15) is 4.79 Å². The zero-order valence-electron chi connectivity index (χ0n) is 9.30. The van der Waals surface area contributed by atoms with Crippen molar-refractivity contribution in [1.82, 2.24) is 5.32 Å². The molecule has 92 valence electrons. The summed E-state index contributed by atoms with van der Waals surface area (Å²) in [4.78, 5) is 12.1. The van der Waals surface area contributed by atoms with Gasteiger partial charge in [-0.25, -0.2) is 0 Å². The molecule has 1 heterocycles. The quantitative estimate of drug-likeness (QED) is 0.849. The summed E-state index contributed by atoms with van der Waals surface area (Å²) in [5, 5.41) is 6.22. The smallest absolute Gasteiger partial charge is 0.228 e. The third-order valence-corrected chi connectivity index (χ3v) is 4.20. The maximum atomic E-state index is 12.1. The lowest BCUT2D eigenvalue weighted by Gasteiger charge is -2.22. The molecule has 5 heteroatoms. The molecule has 0 radical (unpaired) electrons. The number of anilines is 1. The molecule has 0 bridgehead atoms. The Morgan fingerprint density at radius 1 is 1.35 bits per heavy atom. The zero-order valence-corrected chi connectivity index (χ0v) is 12.5. The second-order valence-electron chi connectivity index (χ2n) is 4.13. The second kappa shape index (κ2) is 5.98. The van der Waals surface area contributed by atoms with Gasteiger partial charge >= 0.3 is 0 Å². The first kappa shape index (κ1) is 13.1. The fourth-order valence-corrected chi connectivity index (χ4v) is 3.11. The van der Waals surface area contributed by atoms with Crippen LogP contribution in [0.5, 0.6) is 0 Å². The summed E-state index contributed by atoms with van der Waals surface area (Å²) in [5.74, 6) is 0.160. The van der Waals surface area contributed by atoms with Crippen LogP contribution < -0.4 is 10.6 Å². The van der Waals surface area contributed by atoms with Crippen LogP contribution in [0.25, 0.3) is 0 Å². The number of benzene rings is 1. The van der Waals surface area contributed by atoms with Gasteiger partial charge in [0.2, 0.25) is 5.91 Å². The van der Waals surface area contributed by atoms with Crippen LogP contribution in [-0.4, -0.2) is 19.0 Å². The molecule has 1 aliphatic heterocycles. The number of carbonyl (C=O) groups is 1. The molecule has 0 aliphatic carbocycles. The molecule has 1 fully saturated rings. The van der Waals surface area contributed by atoms with Crippen molar-refractivity contribution < 1.29 is 4.79 Å². The van der Waals surface area contributed by atoms with Gasteiger partial charge in [0.1, 0.15) is 0 Å². The van der Waals surface area contributed by atoms with E-state index < -0.39 is 0 Å². The minimum atomic E-state index is 0.0720. The molecule has 0 spiro atoms. The van der Waals surface area contributed by atoms with Crippen molar-refractivity contribution >= 4 is 43.5 Å². The highest BCUT2D eigenvalue weighted by atomic mass is 79.9. The van der Waals surface area contributed by atoms with Crippen LogP contribution in [-0.2, 0) is 4.79 Å². The molecule has 1 aromatic rings. The second-order valence-corrected chi connectivity index (χ2v) is 5.84. The minimum absolute atomic E-state index is 0.0720. The van der Waals surface area contributed by atoms with Crippen LogP contribution >= 0.6 is 31.9 Å². The molecule has 1 amide bonds. The summed E-state index contributed by atoms with van der Waals surface area (Å²) in [6.07, 6.45) is 2.02. The van der Waals surface area contributed by atoms with Crippen LogP contribution in [0, 0.1) is 5.92 Å². The van der Waals surface area contributed by atoms with Gasteiger partial charge in [-0.1, -0.05) is 6.07 Å². The summed E-state index contributed by atoms with van der Waals surface area (Å²) >= 11 is 6.88. The van der Waals surface area contributed by atoms with Crippen molar-refractivity contribution in [3.8, 4) is 0 Å². The SMILES string of the molecule is O=C(Nc1c(Br)cccc1Br)C1CCCNC1. The molecule has 1 aliphatic rings. The van der Waals surface area contributed by atoms with E-state index in [-0.39, 0.29) is 11.8 Å². The number of amides is 1.